The zero-order valence-corrected chi connectivity index (χ0v) is 8.70. The van der Waals surface area contributed by atoms with E-state index < -0.39 is 0 Å². The molecular formula is C12H9FN2O. The first-order valence-corrected chi connectivity index (χ1v) is 4.78. The van der Waals surface area contributed by atoms with Crippen LogP contribution >= 0.6 is 0 Å². The molecule has 1 heterocycles. The molecule has 0 atom stereocenters. The van der Waals surface area contributed by atoms with Crippen LogP contribution in [0.1, 0.15) is 5.56 Å². The van der Waals surface area contributed by atoms with Gasteiger partial charge >= 0.3 is 0 Å². The SMILES string of the molecule is Cn1c(=O)c(CC#N)cc2ccc(F)cc21. The van der Waals surface area contributed by atoms with E-state index in [0.29, 0.717) is 11.1 Å². The molecule has 0 amide bonds. The summed E-state index contributed by atoms with van der Waals surface area (Å²) in [5.74, 6) is -0.379. The largest absolute Gasteiger partial charge is 0.311 e. The van der Waals surface area contributed by atoms with E-state index in [1.807, 2.05) is 6.07 Å². The van der Waals surface area contributed by atoms with Crippen LogP contribution in [0.5, 0.6) is 0 Å². The lowest BCUT2D eigenvalue weighted by Gasteiger charge is -2.06. The third-order valence-electron chi connectivity index (χ3n) is 2.53. The lowest BCUT2D eigenvalue weighted by molar-refractivity contribution is 0.628. The van der Waals surface area contributed by atoms with Gasteiger partial charge in [0.2, 0.25) is 0 Å². The number of halogens is 1. The molecule has 3 nitrogen and oxygen atoms in total. The van der Waals surface area contributed by atoms with Crippen molar-refractivity contribution in [2.24, 2.45) is 7.05 Å². The van der Waals surface area contributed by atoms with Crippen molar-refractivity contribution in [1.29, 1.82) is 5.26 Å². The van der Waals surface area contributed by atoms with E-state index in [1.165, 1.54) is 16.7 Å². The van der Waals surface area contributed by atoms with Gasteiger partial charge in [0, 0.05) is 12.6 Å². The third-order valence-corrected chi connectivity index (χ3v) is 2.53. The number of fused-ring (bicyclic) bond motifs is 1. The van der Waals surface area contributed by atoms with Crippen molar-refractivity contribution in [3.63, 3.8) is 0 Å². The Morgan fingerprint density at radius 3 is 2.88 bits per heavy atom. The fourth-order valence-electron chi connectivity index (χ4n) is 1.72. The standard InChI is InChI=1S/C12H9FN2O/c1-15-11-7-10(13)3-2-8(11)6-9(4-5-14)12(15)16/h2-3,6-7H,4H2,1H3. The molecule has 0 spiro atoms. The molecule has 0 radical (unpaired) electrons. The van der Waals surface area contributed by atoms with E-state index in [9.17, 15) is 9.18 Å². The van der Waals surface area contributed by atoms with Crippen LogP contribution in [-0.4, -0.2) is 4.57 Å². The summed E-state index contributed by atoms with van der Waals surface area (Å²) in [5.41, 5.74) is 0.718. The van der Waals surface area contributed by atoms with Crippen LogP contribution in [0.25, 0.3) is 10.9 Å². The average molecular weight is 216 g/mol. The van der Waals surface area contributed by atoms with Gasteiger partial charge in [-0.15, -0.1) is 0 Å². The summed E-state index contributed by atoms with van der Waals surface area (Å²) in [7, 11) is 1.57. The Balaban J connectivity index is 2.84. The zero-order chi connectivity index (χ0) is 11.7. The summed E-state index contributed by atoms with van der Waals surface area (Å²) in [5, 5.41) is 9.35. The van der Waals surface area contributed by atoms with Crippen LogP contribution in [-0.2, 0) is 13.5 Å². The highest BCUT2D eigenvalue weighted by molar-refractivity contribution is 5.79. The summed E-state index contributed by atoms with van der Waals surface area (Å²) in [6.07, 6.45) is 0.0694. The molecule has 0 saturated carbocycles. The Morgan fingerprint density at radius 1 is 1.44 bits per heavy atom. The number of aryl methyl sites for hydroxylation is 1. The minimum absolute atomic E-state index is 0.0694. The fraction of sp³-hybridized carbons (Fsp3) is 0.167. The Kier molecular flexibility index (Phi) is 2.45. The van der Waals surface area contributed by atoms with Gasteiger partial charge in [0.1, 0.15) is 5.82 Å². The highest BCUT2D eigenvalue weighted by Crippen LogP contribution is 2.14. The summed E-state index contributed by atoms with van der Waals surface area (Å²) in [6, 6.07) is 7.83. The smallest absolute Gasteiger partial charge is 0.255 e. The summed E-state index contributed by atoms with van der Waals surface area (Å²) in [4.78, 5) is 11.8. The first-order chi connectivity index (χ1) is 7.63. The van der Waals surface area contributed by atoms with E-state index in [2.05, 4.69) is 0 Å². The van der Waals surface area contributed by atoms with Crippen LogP contribution < -0.4 is 5.56 Å². The maximum absolute atomic E-state index is 13.0. The fourth-order valence-corrected chi connectivity index (χ4v) is 1.72. The van der Waals surface area contributed by atoms with Gasteiger partial charge in [-0.1, -0.05) is 0 Å². The van der Waals surface area contributed by atoms with Crippen molar-refractivity contribution < 1.29 is 4.39 Å². The lowest BCUT2D eigenvalue weighted by atomic mass is 10.1. The Bertz CT molecular complexity index is 652. The monoisotopic (exact) mass is 216 g/mol. The minimum atomic E-state index is -0.379. The van der Waals surface area contributed by atoms with Crippen molar-refractivity contribution in [3.8, 4) is 6.07 Å². The second-order valence-electron chi connectivity index (χ2n) is 3.57. The van der Waals surface area contributed by atoms with E-state index in [-0.39, 0.29) is 17.8 Å². The number of pyridine rings is 1. The van der Waals surface area contributed by atoms with Gasteiger partial charge in [0.25, 0.3) is 5.56 Å². The Labute approximate surface area is 91.4 Å². The molecule has 80 valence electrons. The van der Waals surface area contributed by atoms with E-state index in [4.69, 9.17) is 5.26 Å². The number of rotatable bonds is 1. The molecule has 0 saturated heterocycles. The molecule has 0 unspecified atom stereocenters. The number of aromatic nitrogens is 1. The molecule has 2 aromatic rings. The zero-order valence-electron chi connectivity index (χ0n) is 8.70. The van der Waals surface area contributed by atoms with Gasteiger partial charge in [-0.05, 0) is 29.7 Å². The topological polar surface area (TPSA) is 45.8 Å². The molecule has 0 fully saturated rings. The molecular weight excluding hydrogens is 207 g/mol. The van der Waals surface area contributed by atoms with Gasteiger partial charge in [0.15, 0.2) is 0 Å². The number of benzene rings is 1. The normalized spacial score (nSPS) is 10.3. The second kappa shape index (κ2) is 3.78. The van der Waals surface area contributed by atoms with Crippen molar-refractivity contribution in [1.82, 2.24) is 4.57 Å². The Hall–Kier alpha value is -2.15. The van der Waals surface area contributed by atoms with Gasteiger partial charge in [0.05, 0.1) is 18.0 Å². The second-order valence-corrected chi connectivity index (χ2v) is 3.57. The molecule has 4 heteroatoms. The van der Waals surface area contributed by atoms with E-state index in [1.54, 1.807) is 19.2 Å². The van der Waals surface area contributed by atoms with Crippen molar-refractivity contribution in [2.45, 2.75) is 6.42 Å². The van der Waals surface area contributed by atoms with Crippen molar-refractivity contribution in [2.75, 3.05) is 0 Å². The summed E-state index contributed by atoms with van der Waals surface area (Å²) < 4.78 is 14.4. The summed E-state index contributed by atoms with van der Waals surface area (Å²) in [6.45, 7) is 0. The number of hydrogen-bond acceptors (Lipinski definition) is 2. The van der Waals surface area contributed by atoms with Gasteiger partial charge in [-0.3, -0.25) is 4.79 Å². The Morgan fingerprint density at radius 2 is 2.19 bits per heavy atom. The minimum Gasteiger partial charge on any atom is -0.311 e. The van der Waals surface area contributed by atoms with Crippen LogP contribution in [0.15, 0.2) is 29.1 Å². The van der Waals surface area contributed by atoms with Gasteiger partial charge < -0.3 is 4.57 Å². The predicted molar refractivity (Wildman–Crippen MR) is 58.5 cm³/mol. The molecule has 0 aliphatic carbocycles. The summed E-state index contributed by atoms with van der Waals surface area (Å²) >= 11 is 0. The highest BCUT2D eigenvalue weighted by Gasteiger charge is 2.06. The molecule has 1 aromatic heterocycles. The van der Waals surface area contributed by atoms with Crippen LogP contribution in [0, 0.1) is 17.1 Å². The van der Waals surface area contributed by atoms with E-state index >= 15 is 0 Å². The first-order valence-electron chi connectivity index (χ1n) is 4.78. The maximum Gasteiger partial charge on any atom is 0.255 e. The quantitative estimate of drug-likeness (QED) is 0.728. The predicted octanol–water partition coefficient (Wildman–Crippen LogP) is 1.74. The number of nitrogens with zero attached hydrogens (tertiary/aromatic N) is 2. The highest BCUT2D eigenvalue weighted by atomic mass is 19.1. The molecule has 0 aliphatic rings. The molecule has 0 N–H and O–H groups in total. The van der Waals surface area contributed by atoms with Crippen LogP contribution in [0.4, 0.5) is 4.39 Å². The van der Waals surface area contributed by atoms with E-state index in [0.717, 1.165) is 5.39 Å². The third kappa shape index (κ3) is 1.57. The van der Waals surface area contributed by atoms with Gasteiger partial charge in [-0.25, -0.2) is 4.39 Å². The molecule has 1 aromatic carbocycles. The lowest BCUT2D eigenvalue weighted by Crippen LogP contribution is -2.21. The van der Waals surface area contributed by atoms with Crippen LogP contribution in [0.2, 0.25) is 0 Å². The first kappa shape index (κ1) is 10.4. The molecule has 0 bridgehead atoms. The molecule has 0 aliphatic heterocycles. The molecule has 16 heavy (non-hydrogen) atoms. The number of hydrogen-bond donors (Lipinski definition) is 0. The van der Waals surface area contributed by atoms with Gasteiger partial charge in [-0.2, -0.15) is 5.26 Å². The average Bonchev–Trinajstić information content (AvgIpc) is 2.27. The van der Waals surface area contributed by atoms with Crippen molar-refractivity contribution >= 4 is 10.9 Å². The molecule has 2 rings (SSSR count). The van der Waals surface area contributed by atoms with Crippen LogP contribution in [0.3, 0.4) is 0 Å². The maximum atomic E-state index is 13.0. The van der Waals surface area contributed by atoms with Crippen molar-refractivity contribution in [3.05, 3.63) is 46.0 Å². The number of nitriles is 1.